The van der Waals surface area contributed by atoms with Crippen LogP contribution in [0.4, 0.5) is 19.3 Å². The SMILES string of the molecule is O=C(NC1CCC(F)(F)CC1)N1CCN(c2cccc(-c3ccccn3)c2)CC1. The van der Waals surface area contributed by atoms with Gasteiger partial charge in [-0.25, -0.2) is 13.6 Å². The number of nitrogens with one attached hydrogen (secondary N) is 1. The molecular weight excluding hydrogens is 374 g/mol. The highest BCUT2D eigenvalue weighted by molar-refractivity contribution is 5.75. The van der Waals surface area contributed by atoms with E-state index in [4.69, 9.17) is 0 Å². The lowest BCUT2D eigenvalue weighted by molar-refractivity contribution is -0.0398. The van der Waals surface area contributed by atoms with E-state index in [9.17, 15) is 13.6 Å². The van der Waals surface area contributed by atoms with Crippen molar-refractivity contribution in [1.29, 1.82) is 0 Å². The Balaban J connectivity index is 1.31. The highest BCUT2D eigenvalue weighted by Crippen LogP contribution is 2.33. The van der Waals surface area contributed by atoms with Crippen molar-refractivity contribution in [3.05, 3.63) is 48.7 Å². The number of hydrogen-bond acceptors (Lipinski definition) is 3. The van der Waals surface area contributed by atoms with E-state index in [0.29, 0.717) is 25.9 Å². The summed E-state index contributed by atoms with van der Waals surface area (Å²) in [6.45, 7) is 2.70. The highest BCUT2D eigenvalue weighted by atomic mass is 19.3. The predicted octanol–water partition coefficient (Wildman–Crippen LogP) is 4.16. The van der Waals surface area contributed by atoms with Gasteiger partial charge in [0.1, 0.15) is 0 Å². The van der Waals surface area contributed by atoms with E-state index in [-0.39, 0.29) is 24.9 Å². The third-order valence-electron chi connectivity index (χ3n) is 5.78. The van der Waals surface area contributed by atoms with Gasteiger partial charge in [-0.05, 0) is 37.1 Å². The molecule has 1 N–H and O–H groups in total. The fourth-order valence-electron chi connectivity index (χ4n) is 4.01. The molecule has 1 aromatic carbocycles. The van der Waals surface area contributed by atoms with E-state index in [2.05, 4.69) is 27.3 Å². The van der Waals surface area contributed by atoms with E-state index in [0.717, 1.165) is 30.0 Å². The number of carbonyl (C=O) groups excluding carboxylic acids is 1. The number of nitrogens with zero attached hydrogens (tertiary/aromatic N) is 3. The van der Waals surface area contributed by atoms with Crippen molar-refractivity contribution in [3.63, 3.8) is 0 Å². The Bertz CT molecular complexity index is 828. The van der Waals surface area contributed by atoms with Gasteiger partial charge in [0.05, 0.1) is 5.69 Å². The maximum atomic E-state index is 13.3. The second-order valence-corrected chi connectivity index (χ2v) is 7.82. The Morgan fingerprint density at radius 1 is 1.03 bits per heavy atom. The Labute approximate surface area is 169 Å². The number of halogens is 2. The monoisotopic (exact) mass is 400 g/mol. The average Bonchev–Trinajstić information content (AvgIpc) is 2.76. The van der Waals surface area contributed by atoms with Gasteiger partial charge in [-0.2, -0.15) is 0 Å². The van der Waals surface area contributed by atoms with Crippen molar-refractivity contribution in [2.45, 2.75) is 37.6 Å². The van der Waals surface area contributed by atoms with E-state index in [1.54, 1.807) is 11.1 Å². The minimum atomic E-state index is -2.57. The topological polar surface area (TPSA) is 48.5 Å². The first-order valence-corrected chi connectivity index (χ1v) is 10.2. The van der Waals surface area contributed by atoms with Crippen molar-refractivity contribution < 1.29 is 13.6 Å². The number of urea groups is 1. The number of alkyl halides is 2. The van der Waals surface area contributed by atoms with Gasteiger partial charge in [0.25, 0.3) is 0 Å². The number of benzene rings is 1. The van der Waals surface area contributed by atoms with E-state index >= 15 is 0 Å². The number of piperazine rings is 1. The molecule has 154 valence electrons. The summed E-state index contributed by atoms with van der Waals surface area (Å²) in [4.78, 5) is 21.0. The molecule has 0 spiro atoms. The summed E-state index contributed by atoms with van der Waals surface area (Å²) in [7, 11) is 0. The van der Waals surface area contributed by atoms with Gasteiger partial charge >= 0.3 is 6.03 Å². The molecule has 0 bridgehead atoms. The molecule has 5 nitrogen and oxygen atoms in total. The maximum Gasteiger partial charge on any atom is 0.317 e. The van der Waals surface area contributed by atoms with Crippen LogP contribution in [0, 0.1) is 0 Å². The fraction of sp³-hybridized carbons (Fsp3) is 0.455. The molecule has 7 heteroatoms. The molecule has 1 aliphatic carbocycles. The number of hydrogen-bond donors (Lipinski definition) is 1. The Hall–Kier alpha value is -2.70. The van der Waals surface area contributed by atoms with Crippen molar-refractivity contribution in [2.75, 3.05) is 31.1 Å². The molecule has 4 rings (SSSR count). The van der Waals surface area contributed by atoms with Gasteiger partial charge in [0.15, 0.2) is 0 Å². The summed E-state index contributed by atoms with van der Waals surface area (Å²) >= 11 is 0. The first kappa shape index (κ1) is 19.6. The summed E-state index contributed by atoms with van der Waals surface area (Å²) in [6.07, 6.45) is 2.20. The molecule has 0 atom stereocenters. The molecule has 1 aromatic heterocycles. The molecule has 1 saturated heterocycles. The van der Waals surface area contributed by atoms with Crippen molar-refractivity contribution in [1.82, 2.24) is 15.2 Å². The third kappa shape index (κ3) is 4.83. The molecule has 1 aliphatic heterocycles. The van der Waals surface area contributed by atoms with E-state index < -0.39 is 5.92 Å². The maximum absolute atomic E-state index is 13.3. The first-order valence-electron chi connectivity index (χ1n) is 10.2. The van der Waals surface area contributed by atoms with Crippen molar-refractivity contribution >= 4 is 11.7 Å². The normalized spacial score (nSPS) is 19.8. The minimum Gasteiger partial charge on any atom is -0.368 e. The Morgan fingerprint density at radius 3 is 2.48 bits per heavy atom. The van der Waals surface area contributed by atoms with Gasteiger partial charge in [-0.1, -0.05) is 18.2 Å². The van der Waals surface area contributed by atoms with Crippen LogP contribution in [0.15, 0.2) is 48.7 Å². The summed E-state index contributed by atoms with van der Waals surface area (Å²) in [5.74, 6) is -2.57. The molecule has 0 radical (unpaired) electrons. The van der Waals surface area contributed by atoms with Crippen LogP contribution in [0.1, 0.15) is 25.7 Å². The summed E-state index contributed by atoms with van der Waals surface area (Å²) in [5, 5.41) is 2.94. The van der Waals surface area contributed by atoms with Crippen LogP contribution < -0.4 is 10.2 Å². The van der Waals surface area contributed by atoms with Crippen molar-refractivity contribution in [2.24, 2.45) is 0 Å². The van der Waals surface area contributed by atoms with E-state index in [1.807, 2.05) is 30.3 Å². The van der Waals surface area contributed by atoms with Crippen LogP contribution in [0.2, 0.25) is 0 Å². The predicted molar refractivity (Wildman–Crippen MR) is 109 cm³/mol. The molecular formula is C22H26F2N4O. The third-order valence-corrected chi connectivity index (χ3v) is 5.78. The summed E-state index contributed by atoms with van der Waals surface area (Å²) in [5.41, 5.74) is 3.12. The number of rotatable bonds is 3. The van der Waals surface area contributed by atoms with E-state index in [1.165, 1.54) is 0 Å². The molecule has 2 amide bonds. The second-order valence-electron chi connectivity index (χ2n) is 7.82. The summed E-state index contributed by atoms with van der Waals surface area (Å²) < 4.78 is 26.6. The molecule has 0 unspecified atom stereocenters. The summed E-state index contributed by atoms with van der Waals surface area (Å²) in [6, 6.07) is 13.8. The lowest BCUT2D eigenvalue weighted by Gasteiger charge is -2.37. The Kier molecular flexibility index (Phi) is 5.65. The van der Waals surface area contributed by atoms with Crippen LogP contribution >= 0.6 is 0 Å². The van der Waals surface area contributed by atoms with Crippen LogP contribution in [0.5, 0.6) is 0 Å². The van der Waals surface area contributed by atoms with Crippen LogP contribution in [-0.2, 0) is 0 Å². The van der Waals surface area contributed by atoms with Gasteiger partial charge in [-0.15, -0.1) is 0 Å². The zero-order valence-corrected chi connectivity index (χ0v) is 16.4. The number of anilines is 1. The van der Waals surface area contributed by atoms with Gasteiger partial charge in [-0.3, -0.25) is 4.98 Å². The van der Waals surface area contributed by atoms with Gasteiger partial charge < -0.3 is 15.1 Å². The highest BCUT2D eigenvalue weighted by Gasteiger charge is 2.36. The number of carbonyl (C=O) groups is 1. The number of amides is 2. The molecule has 29 heavy (non-hydrogen) atoms. The zero-order chi connectivity index (χ0) is 20.3. The molecule has 1 saturated carbocycles. The minimum absolute atomic E-state index is 0.137. The number of aromatic nitrogens is 1. The molecule has 2 aromatic rings. The molecule has 2 heterocycles. The van der Waals surface area contributed by atoms with Crippen molar-refractivity contribution in [3.8, 4) is 11.3 Å². The van der Waals surface area contributed by atoms with Gasteiger partial charge in [0, 0.05) is 62.5 Å². The molecule has 2 aliphatic rings. The first-order chi connectivity index (χ1) is 14.0. The fourth-order valence-corrected chi connectivity index (χ4v) is 4.01. The van der Waals surface area contributed by atoms with Crippen LogP contribution in [0.3, 0.4) is 0 Å². The smallest absolute Gasteiger partial charge is 0.317 e. The standard InChI is InChI=1S/C22H26F2N4O/c23-22(24)9-7-18(8-10-22)26-21(29)28-14-12-27(13-15-28)19-5-3-4-17(16-19)20-6-1-2-11-25-20/h1-6,11,16,18H,7-10,12-15H2,(H,26,29). The quantitative estimate of drug-likeness (QED) is 0.842. The Morgan fingerprint density at radius 2 is 1.79 bits per heavy atom. The van der Waals surface area contributed by atoms with Crippen LogP contribution in [0.25, 0.3) is 11.3 Å². The van der Waals surface area contributed by atoms with Gasteiger partial charge in [0.2, 0.25) is 5.92 Å². The lowest BCUT2D eigenvalue weighted by atomic mass is 9.92. The number of pyridine rings is 1. The van der Waals surface area contributed by atoms with Crippen LogP contribution in [-0.4, -0.2) is 54.1 Å². The lowest BCUT2D eigenvalue weighted by Crippen LogP contribution is -2.54. The zero-order valence-electron chi connectivity index (χ0n) is 16.4. The largest absolute Gasteiger partial charge is 0.368 e. The molecule has 2 fully saturated rings. The average molecular weight is 400 g/mol. The second kappa shape index (κ2) is 8.35.